The van der Waals surface area contributed by atoms with Crippen molar-refractivity contribution in [2.24, 2.45) is 0 Å². The van der Waals surface area contributed by atoms with Crippen LogP contribution in [0.1, 0.15) is 76.6 Å². The molecule has 4 amide bonds. The van der Waals surface area contributed by atoms with Gasteiger partial charge in [0.15, 0.2) is 8.32 Å². The normalized spacial score (nSPS) is 15.9. The molecule has 0 radical (unpaired) electrons. The van der Waals surface area contributed by atoms with E-state index in [0.717, 1.165) is 22.3 Å². The first-order valence-corrected chi connectivity index (χ1v) is 27.4. The molecule has 14 nitrogen and oxygen atoms in total. The molecule has 0 fully saturated rings. The molecule has 3 N–H and O–H groups in total. The van der Waals surface area contributed by atoms with Crippen molar-refractivity contribution in [3.8, 4) is 11.5 Å². The molecule has 0 aliphatic carbocycles. The minimum absolute atomic E-state index is 0.0513. The molecule has 4 heterocycles. The Morgan fingerprint density at radius 2 is 1.19 bits per heavy atom. The maximum Gasteiger partial charge on any atom is 0.411 e. The fourth-order valence-electron chi connectivity index (χ4n) is 7.55. The van der Waals surface area contributed by atoms with Crippen LogP contribution in [0.5, 0.6) is 11.5 Å². The van der Waals surface area contributed by atoms with Gasteiger partial charge in [-0.2, -0.15) is 22.7 Å². The van der Waals surface area contributed by atoms with Crippen molar-refractivity contribution in [2.75, 3.05) is 64.4 Å². The lowest BCUT2D eigenvalue weighted by atomic mass is 9.95. The number of nitrogens with zero attached hydrogens (tertiary/aromatic N) is 2. The van der Waals surface area contributed by atoms with Gasteiger partial charge < -0.3 is 38.3 Å². The van der Waals surface area contributed by atoms with Gasteiger partial charge in [0.25, 0.3) is 11.8 Å². The highest BCUT2D eigenvalue weighted by atomic mass is 32.1. The molecule has 17 heteroatoms. The molecule has 0 saturated carbocycles. The van der Waals surface area contributed by atoms with E-state index in [1.54, 1.807) is 58.9 Å². The van der Waals surface area contributed by atoms with Gasteiger partial charge in [-0.1, -0.05) is 58.2 Å². The van der Waals surface area contributed by atoms with Gasteiger partial charge in [0.05, 0.1) is 62.0 Å². The van der Waals surface area contributed by atoms with Crippen molar-refractivity contribution < 1.29 is 47.7 Å². The van der Waals surface area contributed by atoms with E-state index in [4.69, 9.17) is 23.4 Å². The Kier molecular flexibility index (Phi) is 19.2. The van der Waals surface area contributed by atoms with Crippen LogP contribution < -0.4 is 20.1 Å². The summed E-state index contributed by atoms with van der Waals surface area (Å²) < 4.78 is 27.6. The van der Waals surface area contributed by atoms with Crippen molar-refractivity contribution in [3.05, 3.63) is 129 Å². The number of ether oxygens (including phenoxy) is 4. The van der Waals surface area contributed by atoms with E-state index in [0.29, 0.717) is 61.0 Å². The topological polar surface area (TPSA) is 165 Å². The first kappa shape index (κ1) is 54.0. The van der Waals surface area contributed by atoms with Crippen molar-refractivity contribution in [1.82, 2.24) is 9.80 Å². The first-order chi connectivity index (χ1) is 32.9. The summed E-state index contributed by atoms with van der Waals surface area (Å²) in [6.45, 7) is 23.0. The SMILES string of the molecule is C=CCOC(=O)Nc1cc(C)c(OC)cc1C(=O)N1CC=C(c2ccsc2)C[C@H]1CO.C=CCOC(=O)Nc1cc(C)c(OC)cc1C(=O)N1CC=C(c2ccsc2)C[C@H]1CO[Si](C)(C)C(C)(C)C. The summed E-state index contributed by atoms with van der Waals surface area (Å²) >= 11 is 3.27. The van der Waals surface area contributed by atoms with Crippen LogP contribution >= 0.6 is 22.7 Å². The highest BCUT2D eigenvalue weighted by Crippen LogP contribution is 2.39. The van der Waals surface area contributed by atoms with Crippen molar-refractivity contribution >= 4 is 77.5 Å². The maximum absolute atomic E-state index is 14.1. The standard InChI is InChI=1S/C29H40N2O5SSi.C23H26N2O5S/c1-9-13-35-28(33)30-25-15-20(2)26(34-6)17-24(25)27(32)31-12-10-21(22-11-14-37-19-22)16-23(31)18-36-38(7,8)29(3,4)5;1-4-8-30-23(28)24-20-10-15(2)21(29-3)12-19(20)22(27)25-7-5-16(11-18(25)13-26)17-6-9-31-14-17/h9-11,14-15,17,19,23H,1,12-13,16,18H2,2-8H3,(H,30,33);4-6,9-10,12,14,18,26H,1,7-8,11,13H2,2-3H3,(H,24,28)/t23-;18-/m00/s1. The Morgan fingerprint density at radius 3 is 1.57 bits per heavy atom. The van der Waals surface area contributed by atoms with Gasteiger partial charge in [0.2, 0.25) is 0 Å². The number of aliphatic hydroxyl groups is 1. The summed E-state index contributed by atoms with van der Waals surface area (Å²) in [7, 11) is 1.04. The third kappa shape index (κ3) is 13.8. The summed E-state index contributed by atoms with van der Waals surface area (Å²) in [5, 5.41) is 23.7. The minimum atomic E-state index is -2.05. The van der Waals surface area contributed by atoms with Crippen LogP contribution in [0.15, 0.2) is 95.4 Å². The lowest BCUT2D eigenvalue weighted by molar-refractivity contribution is 0.0616. The van der Waals surface area contributed by atoms with Crippen LogP contribution in [-0.2, 0) is 13.9 Å². The lowest BCUT2D eigenvalue weighted by Crippen LogP contribution is -2.49. The van der Waals surface area contributed by atoms with Gasteiger partial charge in [-0.05, 0) is 136 Å². The number of carbonyl (C=O) groups excluding carboxylic acids is 4. The third-order valence-electron chi connectivity index (χ3n) is 12.5. The molecule has 0 bridgehead atoms. The van der Waals surface area contributed by atoms with Gasteiger partial charge in [0.1, 0.15) is 24.7 Å². The Balaban J connectivity index is 0.000000263. The predicted molar refractivity (Wildman–Crippen MR) is 280 cm³/mol. The highest BCUT2D eigenvalue weighted by molar-refractivity contribution is 7.08. The quantitative estimate of drug-likeness (QED) is 0.0727. The van der Waals surface area contributed by atoms with E-state index in [2.05, 4.69) is 85.9 Å². The van der Waals surface area contributed by atoms with Crippen LogP contribution in [0.25, 0.3) is 11.1 Å². The number of amides is 4. The number of benzene rings is 2. The number of carbonyl (C=O) groups is 4. The van der Waals surface area contributed by atoms with Crippen LogP contribution in [-0.4, -0.2) is 113 Å². The van der Waals surface area contributed by atoms with E-state index in [-0.39, 0.29) is 54.3 Å². The van der Waals surface area contributed by atoms with E-state index in [1.165, 1.54) is 30.4 Å². The molecule has 2 aliphatic rings. The second kappa shape index (κ2) is 24.5. The minimum Gasteiger partial charge on any atom is -0.496 e. The second-order valence-electron chi connectivity index (χ2n) is 18.1. The summed E-state index contributed by atoms with van der Waals surface area (Å²) in [5.74, 6) is 0.586. The fourth-order valence-corrected chi connectivity index (χ4v) is 9.96. The van der Waals surface area contributed by atoms with Gasteiger partial charge in [-0.15, -0.1) is 0 Å². The van der Waals surface area contributed by atoms with Gasteiger partial charge >= 0.3 is 12.2 Å². The number of aliphatic hydroxyl groups excluding tert-OH is 1. The number of hydrogen-bond donors (Lipinski definition) is 3. The summed E-state index contributed by atoms with van der Waals surface area (Å²) in [6.07, 6.45) is 6.96. The number of thiophene rings is 2. The van der Waals surface area contributed by atoms with E-state index in [9.17, 15) is 24.3 Å². The van der Waals surface area contributed by atoms with Crippen LogP contribution in [0.4, 0.5) is 21.0 Å². The summed E-state index contributed by atoms with van der Waals surface area (Å²) in [4.78, 5) is 55.5. The molecule has 370 valence electrons. The van der Waals surface area contributed by atoms with Gasteiger partial charge in [0, 0.05) is 13.1 Å². The molecule has 69 heavy (non-hydrogen) atoms. The lowest BCUT2D eigenvalue weighted by Gasteiger charge is -2.41. The van der Waals surface area contributed by atoms with E-state index >= 15 is 0 Å². The molecule has 0 spiro atoms. The highest BCUT2D eigenvalue weighted by Gasteiger charge is 2.40. The van der Waals surface area contributed by atoms with Crippen molar-refractivity contribution in [1.29, 1.82) is 0 Å². The number of hydrogen-bond acceptors (Lipinski definition) is 12. The molecule has 2 atom stereocenters. The molecular formula is C52H66N4O10S2Si. The zero-order valence-corrected chi connectivity index (χ0v) is 43.8. The third-order valence-corrected chi connectivity index (χ3v) is 18.4. The Bertz CT molecular complexity index is 2510. The Morgan fingerprint density at radius 1 is 0.754 bits per heavy atom. The smallest absolute Gasteiger partial charge is 0.411 e. The Hall–Kier alpha value is -5.98. The largest absolute Gasteiger partial charge is 0.496 e. The number of aryl methyl sites for hydroxylation is 2. The fraction of sp³-hybridized carbons (Fsp3) is 0.385. The van der Waals surface area contributed by atoms with Gasteiger partial charge in [-0.3, -0.25) is 20.2 Å². The van der Waals surface area contributed by atoms with Crippen LogP contribution in [0.3, 0.4) is 0 Å². The predicted octanol–water partition coefficient (Wildman–Crippen LogP) is 11.2. The average Bonchev–Trinajstić information content (AvgIpc) is 4.08. The molecule has 6 rings (SSSR count). The van der Waals surface area contributed by atoms with E-state index in [1.807, 2.05) is 36.3 Å². The molecule has 0 saturated heterocycles. The van der Waals surface area contributed by atoms with E-state index < -0.39 is 20.5 Å². The molecule has 2 aromatic carbocycles. The summed E-state index contributed by atoms with van der Waals surface area (Å²) in [6, 6.07) is 10.3. The Labute approximate surface area is 415 Å². The average molecular weight is 999 g/mol. The first-order valence-electron chi connectivity index (χ1n) is 22.6. The number of anilines is 2. The number of methoxy groups -OCH3 is 2. The van der Waals surface area contributed by atoms with Crippen LogP contribution in [0.2, 0.25) is 18.1 Å². The molecule has 2 aliphatic heterocycles. The van der Waals surface area contributed by atoms with Crippen molar-refractivity contribution in [2.45, 2.75) is 77.7 Å². The molecule has 2 aromatic heterocycles. The number of rotatable bonds is 16. The monoisotopic (exact) mass is 998 g/mol. The zero-order valence-electron chi connectivity index (χ0n) is 41.1. The number of nitrogens with one attached hydrogen (secondary N) is 2. The molecular weight excluding hydrogens is 933 g/mol. The van der Waals surface area contributed by atoms with Crippen molar-refractivity contribution in [3.63, 3.8) is 0 Å². The molecule has 4 aromatic rings. The van der Waals surface area contributed by atoms with Gasteiger partial charge in [-0.25, -0.2) is 9.59 Å². The maximum atomic E-state index is 14.1. The summed E-state index contributed by atoms with van der Waals surface area (Å²) in [5.41, 5.74) is 7.47. The zero-order chi connectivity index (χ0) is 50.5. The second-order valence-corrected chi connectivity index (χ2v) is 24.5. The molecule has 0 unspecified atom stereocenters. The van der Waals surface area contributed by atoms with Crippen LogP contribution in [0, 0.1) is 13.8 Å².